The number of rotatable bonds is 4. The van der Waals surface area contributed by atoms with Crippen molar-refractivity contribution < 1.29 is 17.9 Å². The summed E-state index contributed by atoms with van der Waals surface area (Å²) in [6, 6.07) is 13.0. The van der Waals surface area contributed by atoms with Crippen LogP contribution in [-0.4, -0.2) is 20.5 Å². The smallest absolute Gasteiger partial charge is 0.175 e. The van der Waals surface area contributed by atoms with E-state index in [-0.39, 0.29) is 10.7 Å². The standard InChI is InChI=1S/C15H14O4S/c1-11(16)14-8-3-4-9-15(14)19-12-6-5-7-13(10-12)20(2,17)18/h3-10H,1-2H3. The van der Waals surface area contributed by atoms with Crippen LogP contribution in [0, 0.1) is 0 Å². The number of sulfone groups is 1. The van der Waals surface area contributed by atoms with Crippen molar-refractivity contribution in [2.45, 2.75) is 11.8 Å². The number of carbonyl (C=O) groups is 1. The Labute approximate surface area is 117 Å². The van der Waals surface area contributed by atoms with Crippen LogP contribution in [0.5, 0.6) is 11.5 Å². The van der Waals surface area contributed by atoms with E-state index in [0.717, 1.165) is 6.26 Å². The van der Waals surface area contributed by atoms with Crippen LogP contribution in [0.15, 0.2) is 53.4 Å². The minimum atomic E-state index is -3.29. The van der Waals surface area contributed by atoms with Crippen LogP contribution >= 0.6 is 0 Å². The van der Waals surface area contributed by atoms with Gasteiger partial charge in [-0.15, -0.1) is 0 Å². The molecular formula is C15H14O4S. The Kier molecular flexibility index (Phi) is 3.90. The van der Waals surface area contributed by atoms with Gasteiger partial charge in [-0.25, -0.2) is 8.42 Å². The molecular weight excluding hydrogens is 276 g/mol. The molecule has 0 aromatic heterocycles. The molecule has 0 aliphatic rings. The molecule has 0 fully saturated rings. The first-order valence-electron chi connectivity index (χ1n) is 5.96. The highest BCUT2D eigenvalue weighted by atomic mass is 32.2. The lowest BCUT2D eigenvalue weighted by molar-refractivity contribution is 0.101. The zero-order valence-corrected chi connectivity index (χ0v) is 12.0. The summed E-state index contributed by atoms with van der Waals surface area (Å²) < 4.78 is 28.6. The summed E-state index contributed by atoms with van der Waals surface area (Å²) in [5.41, 5.74) is 0.456. The minimum absolute atomic E-state index is 0.111. The summed E-state index contributed by atoms with van der Waals surface area (Å²) in [7, 11) is -3.29. The molecule has 0 spiro atoms. The molecule has 0 aliphatic heterocycles. The van der Waals surface area contributed by atoms with E-state index in [9.17, 15) is 13.2 Å². The third-order valence-electron chi connectivity index (χ3n) is 2.73. The number of ketones is 1. The van der Waals surface area contributed by atoms with E-state index in [1.165, 1.54) is 19.1 Å². The fraction of sp³-hybridized carbons (Fsp3) is 0.133. The lowest BCUT2D eigenvalue weighted by atomic mass is 10.1. The lowest BCUT2D eigenvalue weighted by Crippen LogP contribution is -1.99. The van der Waals surface area contributed by atoms with Gasteiger partial charge < -0.3 is 4.74 Å². The molecule has 0 saturated heterocycles. The first kappa shape index (κ1) is 14.3. The summed E-state index contributed by atoms with van der Waals surface area (Å²) >= 11 is 0. The molecule has 2 aromatic rings. The van der Waals surface area contributed by atoms with Crippen LogP contribution in [0.2, 0.25) is 0 Å². The second-order valence-electron chi connectivity index (χ2n) is 4.40. The Balaban J connectivity index is 2.39. The van der Waals surface area contributed by atoms with Crippen molar-refractivity contribution >= 4 is 15.6 Å². The number of ether oxygens (including phenoxy) is 1. The largest absolute Gasteiger partial charge is 0.457 e. The molecule has 0 heterocycles. The molecule has 0 unspecified atom stereocenters. The monoisotopic (exact) mass is 290 g/mol. The van der Waals surface area contributed by atoms with E-state index >= 15 is 0 Å². The molecule has 0 saturated carbocycles. The van der Waals surface area contributed by atoms with E-state index in [1.54, 1.807) is 36.4 Å². The van der Waals surface area contributed by atoms with Crippen molar-refractivity contribution in [3.8, 4) is 11.5 Å². The van der Waals surface area contributed by atoms with Gasteiger partial charge in [0.1, 0.15) is 11.5 Å². The second kappa shape index (κ2) is 5.46. The Morgan fingerprint density at radius 2 is 1.75 bits per heavy atom. The van der Waals surface area contributed by atoms with Crippen molar-refractivity contribution in [3.63, 3.8) is 0 Å². The van der Waals surface area contributed by atoms with Gasteiger partial charge in [0.25, 0.3) is 0 Å². The molecule has 0 aliphatic carbocycles. The van der Waals surface area contributed by atoms with Gasteiger partial charge in [0.2, 0.25) is 0 Å². The third kappa shape index (κ3) is 3.24. The van der Waals surface area contributed by atoms with Gasteiger partial charge in [0, 0.05) is 6.26 Å². The molecule has 0 amide bonds. The fourth-order valence-electron chi connectivity index (χ4n) is 1.74. The van der Waals surface area contributed by atoms with Crippen LogP contribution in [0.1, 0.15) is 17.3 Å². The maximum atomic E-state index is 11.5. The van der Waals surface area contributed by atoms with Crippen LogP contribution in [-0.2, 0) is 9.84 Å². The molecule has 20 heavy (non-hydrogen) atoms. The molecule has 0 N–H and O–H groups in total. The number of Topliss-reactive ketones (excluding diaryl/α,β-unsaturated/α-hetero) is 1. The summed E-state index contributed by atoms with van der Waals surface area (Å²) in [6.45, 7) is 1.45. The first-order chi connectivity index (χ1) is 9.38. The highest BCUT2D eigenvalue weighted by molar-refractivity contribution is 7.90. The average Bonchev–Trinajstić information content (AvgIpc) is 2.38. The predicted molar refractivity (Wildman–Crippen MR) is 76.1 cm³/mol. The van der Waals surface area contributed by atoms with Gasteiger partial charge in [-0.1, -0.05) is 18.2 Å². The zero-order valence-electron chi connectivity index (χ0n) is 11.2. The maximum Gasteiger partial charge on any atom is 0.175 e. The van der Waals surface area contributed by atoms with Crippen molar-refractivity contribution in [2.24, 2.45) is 0 Å². The highest BCUT2D eigenvalue weighted by Gasteiger charge is 2.11. The van der Waals surface area contributed by atoms with Gasteiger partial charge in [0.05, 0.1) is 10.5 Å². The summed E-state index contributed by atoms with van der Waals surface area (Å²) in [5.74, 6) is 0.673. The highest BCUT2D eigenvalue weighted by Crippen LogP contribution is 2.27. The number of hydrogen-bond acceptors (Lipinski definition) is 4. The molecule has 4 nitrogen and oxygen atoms in total. The number of para-hydroxylation sites is 1. The Morgan fingerprint density at radius 1 is 1.05 bits per heavy atom. The van der Waals surface area contributed by atoms with Gasteiger partial charge in [0.15, 0.2) is 15.6 Å². The van der Waals surface area contributed by atoms with Crippen LogP contribution in [0.4, 0.5) is 0 Å². The van der Waals surface area contributed by atoms with Gasteiger partial charge in [-0.05, 0) is 37.3 Å². The van der Waals surface area contributed by atoms with Gasteiger partial charge in [-0.2, -0.15) is 0 Å². The summed E-state index contributed by atoms with van der Waals surface area (Å²) in [6.07, 6.45) is 1.13. The van der Waals surface area contributed by atoms with Crippen molar-refractivity contribution in [3.05, 3.63) is 54.1 Å². The van der Waals surface area contributed by atoms with Crippen LogP contribution in [0.25, 0.3) is 0 Å². The number of benzene rings is 2. The molecule has 5 heteroatoms. The predicted octanol–water partition coefficient (Wildman–Crippen LogP) is 3.09. The minimum Gasteiger partial charge on any atom is -0.457 e. The van der Waals surface area contributed by atoms with Crippen molar-refractivity contribution in [1.82, 2.24) is 0 Å². The first-order valence-corrected chi connectivity index (χ1v) is 7.85. The van der Waals surface area contributed by atoms with E-state index in [0.29, 0.717) is 17.1 Å². The van der Waals surface area contributed by atoms with E-state index in [1.807, 2.05) is 0 Å². The quantitative estimate of drug-likeness (QED) is 0.812. The third-order valence-corrected chi connectivity index (χ3v) is 3.84. The van der Waals surface area contributed by atoms with Crippen molar-refractivity contribution in [2.75, 3.05) is 6.26 Å². The van der Waals surface area contributed by atoms with E-state index in [4.69, 9.17) is 4.74 Å². The SMILES string of the molecule is CC(=O)c1ccccc1Oc1cccc(S(C)(=O)=O)c1. The molecule has 2 aromatic carbocycles. The lowest BCUT2D eigenvalue weighted by Gasteiger charge is -2.10. The Bertz CT molecular complexity index is 748. The molecule has 2 rings (SSSR count). The fourth-order valence-corrected chi connectivity index (χ4v) is 2.40. The topological polar surface area (TPSA) is 60.4 Å². The van der Waals surface area contributed by atoms with Crippen LogP contribution < -0.4 is 4.74 Å². The van der Waals surface area contributed by atoms with Crippen molar-refractivity contribution in [1.29, 1.82) is 0 Å². The molecule has 0 radical (unpaired) electrons. The normalized spacial score (nSPS) is 11.1. The maximum absolute atomic E-state index is 11.5. The van der Waals surface area contributed by atoms with E-state index < -0.39 is 9.84 Å². The molecule has 104 valence electrons. The Hall–Kier alpha value is -2.14. The second-order valence-corrected chi connectivity index (χ2v) is 6.42. The van der Waals surface area contributed by atoms with Crippen LogP contribution in [0.3, 0.4) is 0 Å². The number of carbonyl (C=O) groups excluding carboxylic acids is 1. The summed E-state index contributed by atoms with van der Waals surface area (Å²) in [5, 5.41) is 0. The Morgan fingerprint density at radius 3 is 2.40 bits per heavy atom. The average molecular weight is 290 g/mol. The molecule has 0 bridgehead atoms. The van der Waals surface area contributed by atoms with Gasteiger partial charge in [-0.3, -0.25) is 4.79 Å². The van der Waals surface area contributed by atoms with E-state index in [2.05, 4.69) is 0 Å². The zero-order chi connectivity index (χ0) is 14.8. The van der Waals surface area contributed by atoms with Gasteiger partial charge >= 0.3 is 0 Å². The number of hydrogen-bond donors (Lipinski definition) is 0. The summed E-state index contributed by atoms with van der Waals surface area (Å²) in [4.78, 5) is 11.7. The molecule has 0 atom stereocenters.